The maximum Gasteiger partial charge on any atom is 0.261 e. The second-order valence-corrected chi connectivity index (χ2v) is 7.75. The van der Waals surface area contributed by atoms with E-state index < -0.39 is 0 Å². The Labute approximate surface area is 156 Å². The van der Waals surface area contributed by atoms with Crippen molar-refractivity contribution in [2.45, 2.75) is 38.6 Å². The fourth-order valence-corrected chi connectivity index (χ4v) is 4.24. The van der Waals surface area contributed by atoms with Crippen LogP contribution in [0.3, 0.4) is 0 Å². The van der Waals surface area contributed by atoms with Gasteiger partial charge in [0, 0.05) is 24.0 Å². The molecule has 3 heterocycles. The van der Waals surface area contributed by atoms with E-state index in [4.69, 9.17) is 4.74 Å². The first-order chi connectivity index (χ1) is 12.6. The van der Waals surface area contributed by atoms with Gasteiger partial charge in [-0.3, -0.25) is 9.59 Å². The molecule has 0 saturated carbocycles. The van der Waals surface area contributed by atoms with Crippen molar-refractivity contribution in [3.63, 3.8) is 0 Å². The first kappa shape index (κ1) is 17.0. The third kappa shape index (κ3) is 3.44. The molecule has 0 bridgehead atoms. The molecule has 1 N–H and O–H groups in total. The first-order valence-electron chi connectivity index (χ1n) is 8.87. The molecule has 1 fully saturated rings. The van der Waals surface area contributed by atoms with E-state index in [-0.39, 0.29) is 24.5 Å². The molecular weight excluding hydrogens is 350 g/mol. The lowest BCUT2D eigenvalue weighted by Gasteiger charge is -2.24. The minimum Gasteiger partial charge on any atom is -0.484 e. The van der Waals surface area contributed by atoms with Crippen LogP contribution >= 0.6 is 11.3 Å². The van der Waals surface area contributed by atoms with Crippen LogP contribution in [0.2, 0.25) is 0 Å². The Balaban J connectivity index is 1.40. The molecular formula is C19H21N3O3S. The zero-order valence-corrected chi connectivity index (χ0v) is 15.5. The summed E-state index contributed by atoms with van der Waals surface area (Å²) in [6, 6.07) is 5.61. The Morgan fingerprint density at radius 2 is 2.31 bits per heavy atom. The van der Waals surface area contributed by atoms with E-state index in [1.54, 1.807) is 17.4 Å². The third-order valence-electron chi connectivity index (χ3n) is 4.89. The van der Waals surface area contributed by atoms with Crippen molar-refractivity contribution in [1.82, 2.24) is 9.88 Å². The number of nitrogens with zero attached hydrogens (tertiary/aromatic N) is 2. The van der Waals surface area contributed by atoms with Crippen molar-refractivity contribution in [1.29, 1.82) is 0 Å². The molecule has 1 saturated heterocycles. The second-order valence-electron chi connectivity index (χ2n) is 6.69. The average molecular weight is 371 g/mol. The number of carbonyl (C=O) groups is 2. The van der Waals surface area contributed by atoms with Gasteiger partial charge in [-0.05, 0) is 49.9 Å². The number of amides is 2. The molecule has 2 amide bonds. The van der Waals surface area contributed by atoms with Crippen molar-refractivity contribution in [3.8, 4) is 5.75 Å². The summed E-state index contributed by atoms with van der Waals surface area (Å²) in [6.45, 7) is 2.75. The van der Waals surface area contributed by atoms with E-state index in [0.717, 1.165) is 41.3 Å². The highest BCUT2D eigenvalue weighted by Crippen LogP contribution is 2.33. The zero-order chi connectivity index (χ0) is 18.1. The van der Waals surface area contributed by atoms with Crippen molar-refractivity contribution >= 4 is 28.8 Å². The lowest BCUT2D eigenvalue weighted by molar-refractivity contribution is -0.134. The topological polar surface area (TPSA) is 71.5 Å². The maximum atomic E-state index is 12.7. The Hall–Kier alpha value is -2.41. The van der Waals surface area contributed by atoms with Gasteiger partial charge in [-0.15, -0.1) is 11.3 Å². The van der Waals surface area contributed by atoms with Gasteiger partial charge in [0.15, 0.2) is 6.61 Å². The molecule has 4 rings (SSSR count). The second kappa shape index (κ2) is 7.07. The number of anilines is 1. The highest BCUT2D eigenvalue weighted by molar-refractivity contribution is 7.09. The van der Waals surface area contributed by atoms with Crippen LogP contribution in [0.1, 0.15) is 41.6 Å². The van der Waals surface area contributed by atoms with Crippen LogP contribution in [-0.2, 0) is 16.0 Å². The number of hydrogen-bond acceptors (Lipinski definition) is 5. The fourth-order valence-electron chi connectivity index (χ4n) is 3.58. The van der Waals surface area contributed by atoms with Gasteiger partial charge in [0.25, 0.3) is 5.91 Å². The summed E-state index contributed by atoms with van der Waals surface area (Å²) in [6.07, 6.45) is 3.13. The normalized spacial score (nSPS) is 19.2. The van der Waals surface area contributed by atoms with Gasteiger partial charge in [0.2, 0.25) is 5.91 Å². The van der Waals surface area contributed by atoms with E-state index in [1.807, 2.05) is 29.3 Å². The van der Waals surface area contributed by atoms with Crippen LogP contribution < -0.4 is 10.1 Å². The summed E-state index contributed by atoms with van der Waals surface area (Å²) in [5, 5.41) is 5.92. The van der Waals surface area contributed by atoms with Crippen LogP contribution in [0.15, 0.2) is 23.6 Å². The average Bonchev–Trinajstić information content (AvgIpc) is 3.28. The molecule has 1 aromatic carbocycles. The molecule has 6 nitrogen and oxygen atoms in total. The molecule has 2 aromatic rings. The molecule has 1 atom stereocenters. The third-order valence-corrected chi connectivity index (χ3v) is 5.68. The number of hydrogen-bond donors (Lipinski definition) is 1. The van der Waals surface area contributed by atoms with E-state index >= 15 is 0 Å². The number of rotatable bonds is 4. The van der Waals surface area contributed by atoms with Gasteiger partial charge in [-0.1, -0.05) is 0 Å². The summed E-state index contributed by atoms with van der Waals surface area (Å²) in [5.74, 6) is 0.691. The zero-order valence-electron chi connectivity index (χ0n) is 14.7. The summed E-state index contributed by atoms with van der Waals surface area (Å²) in [5.41, 5.74) is 2.87. The lowest BCUT2D eigenvalue weighted by atomic mass is 10.0. The van der Waals surface area contributed by atoms with Crippen LogP contribution in [-0.4, -0.2) is 34.8 Å². The van der Waals surface area contributed by atoms with E-state index in [2.05, 4.69) is 10.3 Å². The fraction of sp³-hybridized carbons (Fsp3) is 0.421. The number of fused-ring (bicyclic) bond motifs is 1. The Morgan fingerprint density at radius 3 is 3.12 bits per heavy atom. The lowest BCUT2D eigenvalue weighted by Crippen LogP contribution is -2.34. The Bertz CT molecular complexity index is 848. The smallest absolute Gasteiger partial charge is 0.261 e. The summed E-state index contributed by atoms with van der Waals surface area (Å²) >= 11 is 1.62. The summed E-state index contributed by atoms with van der Waals surface area (Å²) in [7, 11) is 0. The SMILES string of the molecule is Cc1nc(C2CCCN2C(=O)COc2ccc3c(c2)CCC(=O)N3)cs1. The number of aromatic nitrogens is 1. The summed E-state index contributed by atoms with van der Waals surface area (Å²) in [4.78, 5) is 30.5. The van der Waals surface area contributed by atoms with Gasteiger partial charge in [0.1, 0.15) is 5.75 Å². The molecule has 7 heteroatoms. The van der Waals surface area contributed by atoms with Crippen LogP contribution in [0.25, 0.3) is 0 Å². The molecule has 136 valence electrons. The first-order valence-corrected chi connectivity index (χ1v) is 9.75. The quantitative estimate of drug-likeness (QED) is 0.897. The van der Waals surface area contributed by atoms with Gasteiger partial charge in [-0.25, -0.2) is 4.98 Å². The predicted molar refractivity (Wildman–Crippen MR) is 99.4 cm³/mol. The van der Waals surface area contributed by atoms with Crippen molar-refractivity contribution in [3.05, 3.63) is 39.8 Å². The molecule has 26 heavy (non-hydrogen) atoms. The number of carbonyl (C=O) groups excluding carboxylic acids is 2. The highest BCUT2D eigenvalue weighted by Gasteiger charge is 2.31. The number of likely N-dealkylation sites (tertiary alicyclic amines) is 1. The van der Waals surface area contributed by atoms with E-state index in [0.29, 0.717) is 18.6 Å². The van der Waals surface area contributed by atoms with Crippen LogP contribution in [0, 0.1) is 6.92 Å². The van der Waals surface area contributed by atoms with Crippen LogP contribution in [0.5, 0.6) is 5.75 Å². The predicted octanol–water partition coefficient (Wildman–Crippen LogP) is 3.08. The molecule has 2 aliphatic rings. The molecule has 1 unspecified atom stereocenters. The minimum atomic E-state index is -0.0100. The van der Waals surface area contributed by atoms with E-state index in [1.165, 1.54) is 0 Å². The van der Waals surface area contributed by atoms with Crippen molar-refractivity contribution in [2.75, 3.05) is 18.5 Å². The highest BCUT2D eigenvalue weighted by atomic mass is 32.1. The molecule has 2 aliphatic heterocycles. The van der Waals surface area contributed by atoms with Crippen LogP contribution in [0.4, 0.5) is 5.69 Å². The molecule has 0 aliphatic carbocycles. The van der Waals surface area contributed by atoms with Gasteiger partial charge in [0.05, 0.1) is 16.7 Å². The molecule has 1 aromatic heterocycles. The van der Waals surface area contributed by atoms with Gasteiger partial charge in [-0.2, -0.15) is 0 Å². The Kier molecular flexibility index (Phi) is 4.63. The van der Waals surface area contributed by atoms with Crippen molar-refractivity contribution in [2.24, 2.45) is 0 Å². The van der Waals surface area contributed by atoms with Gasteiger partial charge < -0.3 is 15.0 Å². The largest absolute Gasteiger partial charge is 0.484 e. The number of benzene rings is 1. The minimum absolute atomic E-state index is 0.0100. The standard InChI is InChI=1S/C19H21N3O3S/c1-12-20-16(11-26-12)17-3-2-8-22(17)19(24)10-25-14-5-6-15-13(9-14)4-7-18(23)21-15/h5-6,9,11,17H,2-4,7-8,10H2,1H3,(H,21,23). The van der Waals surface area contributed by atoms with Crippen molar-refractivity contribution < 1.29 is 14.3 Å². The Morgan fingerprint density at radius 1 is 1.42 bits per heavy atom. The molecule has 0 spiro atoms. The number of aryl methyl sites for hydroxylation is 2. The summed E-state index contributed by atoms with van der Waals surface area (Å²) < 4.78 is 5.74. The number of nitrogens with one attached hydrogen (secondary N) is 1. The van der Waals surface area contributed by atoms with Gasteiger partial charge >= 0.3 is 0 Å². The monoisotopic (exact) mass is 371 g/mol. The maximum absolute atomic E-state index is 12.7. The molecule has 0 radical (unpaired) electrons. The number of ether oxygens (including phenoxy) is 1. The van der Waals surface area contributed by atoms with E-state index in [9.17, 15) is 9.59 Å². The number of thiazole rings is 1.